The summed E-state index contributed by atoms with van der Waals surface area (Å²) < 4.78 is 4.56. The summed E-state index contributed by atoms with van der Waals surface area (Å²) in [7, 11) is 2.11. The summed E-state index contributed by atoms with van der Waals surface area (Å²) in [5, 5.41) is 1.26. The molecular formula is C26H25N3. The Morgan fingerprint density at radius 1 is 0.828 bits per heavy atom. The second kappa shape index (κ2) is 7.25. The molecule has 1 atom stereocenters. The zero-order valence-corrected chi connectivity index (χ0v) is 16.9. The molecule has 144 valence electrons. The third-order valence-electron chi connectivity index (χ3n) is 5.92. The van der Waals surface area contributed by atoms with Gasteiger partial charge in [-0.05, 0) is 48.6 Å². The van der Waals surface area contributed by atoms with E-state index in [-0.39, 0.29) is 0 Å². The fraction of sp³-hybridized carbons (Fsp3) is 0.192. The number of imidazole rings is 1. The van der Waals surface area contributed by atoms with Crippen molar-refractivity contribution < 1.29 is 0 Å². The predicted octanol–water partition coefficient (Wildman–Crippen LogP) is 6.25. The monoisotopic (exact) mass is 379 g/mol. The smallest absolute Gasteiger partial charge is 0.215 e. The number of aryl methyl sites for hydroxylation is 2. The zero-order valence-electron chi connectivity index (χ0n) is 16.9. The molecule has 5 rings (SSSR count). The number of rotatable bonds is 5. The maximum absolute atomic E-state index is 4.99. The highest BCUT2D eigenvalue weighted by molar-refractivity contribution is 5.84. The first kappa shape index (κ1) is 17.7. The third kappa shape index (κ3) is 3.13. The number of nitrogens with zero attached hydrogens (tertiary/aromatic N) is 3. The van der Waals surface area contributed by atoms with Crippen molar-refractivity contribution in [3.05, 3.63) is 96.2 Å². The van der Waals surface area contributed by atoms with Gasteiger partial charge in [-0.2, -0.15) is 0 Å². The maximum atomic E-state index is 4.99. The van der Waals surface area contributed by atoms with Crippen LogP contribution < -0.4 is 0 Å². The number of hydrogen-bond donors (Lipinski definition) is 0. The maximum Gasteiger partial charge on any atom is 0.215 e. The summed E-state index contributed by atoms with van der Waals surface area (Å²) in [4.78, 5) is 4.99. The van der Waals surface area contributed by atoms with Gasteiger partial charge in [0.2, 0.25) is 5.95 Å². The summed E-state index contributed by atoms with van der Waals surface area (Å²) in [6.45, 7) is 2.33. The molecule has 0 N–H and O–H groups in total. The van der Waals surface area contributed by atoms with Crippen LogP contribution in [0.1, 0.15) is 30.5 Å². The van der Waals surface area contributed by atoms with E-state index >= 15 is 0 Å². The second-order valence-corrected chi connectivity index (χ2v) is 7.85. The van der Waals surface area contributed by atoms with Gasteiger partial charge in [0.05, 0.1) is 16.6 Å². The summed E-state index contributed by atoms with van der Waals surface area (Å²) >= 11 is 0. The van der Waals surface area contributed by atoms with E-state index in [4.69, 9.17) is 4.98 Å². The van der Waals surface area contributed by atoms with Gasteiger partial charge in [0.25, 0.3) is 0 Å². The Hall–Kier alpha value is -3.33. The van der Waals surface area contributed by atoms with Crippen molar-refractivity contribution in [2.75, 3.05) is 0 Å². The fourth-order valence-electron chi connectivity index (χ4n) is 4.27. The van der Waals surface area contributed by atoms with Crippen molar-refractivity contribution in [1.82, 2.24) is 14.1 Å². The van der Waals surface area contributed by atoms with E-state index in [1.807, 2.05) is 0 Å². The van der Waals surface area contributed by atoms with Gasteiger partial charge < -0.3 is 4.57 Å². The molecule has 2 heterocycles. The molecular weight excluding hydrogens is 354 g/mol. The van der Waals surface area contributed by atoms with Gasteiger partial charge in [-0.15, -0.1) is 0 Å². The van der Waals surface area contributed by atoms with Crippen LogP contribution in [0.25, 0.3) is 27.9 Å². The molecule has 5 aromatic rings. The minimum atomic E-state index is 0.419. The van der Waals surface area contributed by atoms with Crippen molar-refractivity contribution in [1.29, 1.82) is 0 Å². The van der Waals surface area contributed by atoms with Crippen LogP contribution in [0.2, 0.25) is 0 Å². The van der Waals surface area contributed by atoms with Crippen molar-refractivity contribution in [3.63, 3.8) is 0 Å². The highest BCUT2D eigenvalue weighted by Crippen LogP contribution is 2.32. The van der Waals surface area contributed by atoms with Crippen LogP contribution in [0, 0.1) is 0 Å². The van der Waals surface area contributed by atoms with Crippen LogP contribution in [0.3, 0.4) is 0 Å². The number of benzene rings is 3. The Bertz CT molecular complexity index is 1280. The van der Waals surface area contributed by atoms with E-state index < -0.39 is 0 Å². The van der Waals surface area contributed by atoms with E-state index in [0.29, 0.717) is 5.92 Å². The molecule has 0 saturated heterocycles. The minimum absolute atomic E-state index is 0.419. The van der Waals surface area contributed by atoms with E-state index in [1.165, 1.54) is 22.2 Å². The quantitative estimate of drug-likeness (QED) is 0.354. The molecule has 0 fully saturated rings. The lowest BCUT2D eigenvalue weighted by Gasteiger charge is -2.16. The summed E-state index contributed by atoms with van der Waals surface area (Å²) in [6, 6.07) is 30.1. The Balaban J connectivity index is 1.61. The molecule has 3 nitrogen and oxygen atoms in total. The normalized spacial score (nSPS) is 12.6. The lowest BCUT2D eigenvalue weighted by molar-refractivity contribution is 0.641. The van der Waals surface area contributed by atoms with Crippen LogP contribution in [-0.4, -0.2) is 14.1 Å². The number of hydrogen-bond acceptors (Lipinski definition) is 1. The fourth-order valence-corrected chi connectivity index (χ4v) is 4.27. The first-order chi connectivity index (χ1) is 14.2. The predicted molar refractivity (Wildman–Crippen MR) is 121 cm³/mol. The van der Waals surface area contributed by atoms with E-state index in [9.17, 15) is 0 Å². The molecule has 3 heteroatoms. The molecule has 0 spiro atoms. The van der Waals surface area contributed by atoms with Crippen molar-refractivity contribution in [2.24, 2.45) is 7.05 Å². The van der Waals surface area contributed by atoms with E-state index in [1.54, 1.807) is 0 Å². The summed E-state index contributed by atoms with van der Waals surface area (Å²) in [5.41, 5.74) is 6.12. The first-order valence-corrected chi connectivity index (χ1v) is 10.3. The Morgan fingerprint density at radius 3 is 2.31 bits per heavy atom. The largest absolute Gasteiger partial charge is 0.313 e. The van der Waals surface area contributed by atoms with Gasteiger partial charge in [0.15, 0.2) is 0 Å². The highest BCUT2D eigenvalue weighted by atomic mass is 15.2. The highest BCUT2D eigenvalue weighted by Gasteiger charge is 2.19. The number of fused-ring (bicyclic) bond motifs is 2. The van der Waals surface area contributed by atoms with Crippen molar-refractivity contribution >= 4 is 21.9 Å². The van der Waals surface area contributed by atoms with Crippen LogP contribution in [-0.2, 0) is 13.5 Å². The second-order valence-electron chi connectivity index (χ2n) is 7.85. The molecule has 0 aliphatic heterocycles. The zero-order chi connectivity index (χ0) is 19.8. The van der Waals surface area contributed by atoms with Gasteiger partial charge in [-0.25, -0.2) is 4.98 Å². The molecule has 0 saturated carbocycles. The topological polar surface area (TPSA) is 22.8 Å². The number of para-hydroxylation sites is 3. The molecule has 2 aromatic heterocycles. The van der Waals surface area contributed by atoms with E-state index in [2.05, 4.69) is 108 Å². The van der Waals surface area contributed by atoms with Crippen LogP contribution in [0.4, 0.5) is 0 Å². The summed E-state index contributed by atoms with van der Waals surface area (Å²) in [6.07, 6.45) is 2.18. The molecule has 0 aliphatic carbocycles. The Kier molecular flexibility index (Phi) is 4.44. The SMILES string of the molecule is C[C@@H](CCc1ccccc1)c1cc2ccccc2n1-c1nc2ccccc2n1C. The van der Waals surface area contributed by atoms with Gasteiger partial charge in [0, 0.05) is 18.1 Å². The molecule has 3 aromatic carbocycles. The summed E-state index contributed by atoms with van der Waals surface area (Å²) in [5.74, 6) is 1.40. The molecule has 0 unspecified atom stereocenters. The Labute approximate surface area is 171 Å². The van der Waals surface area contributed by atoms with Gasteiger partial charge in [-0.3, -0.25) is 4.57 Å². The molecule has 29 heavy (non-hydrogen) atoms. The molecule has 0 radical (unpaired) electrons. The Morgan fingerprint density at radius 2 is 1.52 bits per heavy atom. The van der Waals surface area contributed by atoms with Gasteiger partial charge in [-0.1, -0.05) is 67.6 Å². The number of aromatic nitrogens is 3. The first-order valence-electron chi connectivity index (χ1n) is 10.3. The van der Waals surface area contributed by atoms with Crippen LogP contribution in [0.5, 0.6) is 0 Å². The van der Waals surface area contributed by atoms with Crippen molar-refractivity contribution in [3.8, 4) is 5.95 Å². The standard InChI is InChI=1S/C26H25N3/c1-19(16-17-20-10-4-3-5-11-20)25-18-21-12-6-8-14-23(21)29(25)26-27-22-13-7-9-15-24(22)28(26)2/h3-15,18-19H,16-17H2,1-2H3/t19-/m0/s1. The molecule has 0 amide bonds. The third-order valence-corrected chi connectivity index (χ3v) is 5.92. The minimum Gasteiger partial charge on any atom is -0.313 e. The lowest BCUT2D eigenvalue weighted by atomic mass is 9.98. The average molecular weight is 380 g/mol. The molecule has 0 bridgehead atoms. The average Bonchev–Trinajstić information content (AvgIpc) is 3.31. The molecule has 0 aliphatic rings. The van der Waals surface area contributed by atoms with Crippen LogP contribution >= 0.6 is 0 Å². The van der Waals surface area contributed by atoms with E-state index in [0.717, 1.165) is 29.8 Å². The van der Waals surface area contributed by atoms with Crippen LogP contribution in [0.15, 0.2) is 84.9 Å². The van der Waals surface area contributed by atoms with Crippen molar-refractivity contribution in [2.45, 2.75) is 25.7 Å². The van der Waals surface area contributed by atoms with Gasteiger partial charge >= 0.3 is 0 Å². The van der Waals surface area contributed by atoms with Gasteiger partial charge in [0.1, 0.15) is 0 Å². The lowest BCUT2D eigenvalue weighted by Crippen LogP contribution is -2.09.